The molecule has 1 aliphatic rings. The molecule has 0 aliphatic carbocycles. The van der Waals surface area contributed by atoms with Crippen molar-refractivity contribution in [2.24, 2.45) is 0 Å². The summed E-state index contributed by atoms with van der Waals surface area (Å²) in [6.07, 6.45) is 0. The van der Waals surface area contributed by atoms with Gasteiger partial charge in [-0.25, -0.2) is 13.6 Å². The second kappa shape index (κ2) is 4.38. The molecule has 1 aliphatic heterocycles. The zero-order valence-corrected chi connectivity index (χ0v) is 8.78. The Morgan fingerprint density at radius 2 is 2.12 bits per heavy atom. The van der Waals surface area contributed by atoms with E-state index in [0.29, 0.717) is 5.56 Å². The van der Waals surface area contributed by atoms with Crippen LogP contribution in [-0.2, 0) is 19.9 Å². The molecule has 0 bridgehead atoms. The van der Waals surface area contributed by atoms with E-state index >= 15 is 0 Å². The van der Waals surface area contributed by atoms with Crippen LogP contribution in [0.2, 0.25) is 0 Å². The van der Waals surface area contributed by atoms with E-state index in [1.807, 2.05) is 0 Å². The van der Waals surface area contributed by atoms with Crippen molar-refractivity contribution >= 4 is 5.97 Å². The minimum absolute atomic E-state index is 0.130. The average molecular weight is 244 g/mol. The van der Waals surface area contributed by atoms with Crippen LogP contribution in [0.1, 0.15) is 5.56 Å². The molecule has 0 amide bonds. The predicted octanol–water partition coefficient (Wildman–Crippen LogP) is 1.29. The monoisotopic (exact) mass is 244 g/mol. The SMILES string of the molecule is O=C(O)COC1(c2ccc(F)c(F)c2)COC1. The third-order valence-corrected chi connectivity index (χ3v) is 2.59. The summed E-state index contributed by atoms with van der Waals surface area (Å²) in [4.78, 5) is 10.4. The van der Waals surface area contributed by atoms with Crippen LogP contribution in [0.3, 0.4) is 0 Å². The Balaban J connectivity index is 2.22. The van der Waals surface area contributed by atoms with Gasteiger partial charge in [0.2, 0.25) is 0 Å². The number of carboxylic acids is 1. The Morgan fingerprint density at radius 1 is 1.41 bits per heavy atom. The summed E-state index contributed by atoms with van der Waals surface area (Å²) < 4.78 is 36.0. The molecule has 1 aromatic rings. The molecule has 0 saturated carbocycles. The van der Waals surface area contributed by atoms with Crippen molar-refractivity contribution in [3.8, 4) is 0 Å². The molecule has 17 heavy (non-hydrogen) atoms. The quantitative estimate of drug-likeness (QED) is 0.867. The summed E-state index contributed by atoms with van der Waals surface area (Å²) in [5.41, 5.74) is -0.601. The predicted molar refractivity (Wildman–Crippen MR) is 52.4 cm³/mol. The van der Waals surface area contributed by atoms with Crippen molar-refractivity contribution in [3.05, 3.63) is 35.4 Å². The highest BCUT2D eigenvalue weighted by atomic mass is 19.2. The number of aliphatic carboxylic acids is 1. The standard InChI is InChI=1S/C11H10F2O4/c12-8-2-1-7(3-9(8)13)11(5-16-6-11)17-4-10(14)15/h1-3H,4-6H2,(H,14,15). The fourth-order valence-corrected chi connectivity index (χ4v) is 1.60. The van der Waals surface area contributed by atoms with Crippen LogP contribution in [0.4, 0.5) is 8.78 Å². The summed E-state index contributed by atoms with van der Waals surface area (Å²) >= 11 is 0. The summed E-state index contributed by atoms with van der Waals surface area (Å²) in [5.74, 6) is -3.08. The zero-order valence-electron chi connectivity index (χ0n) is 8.78. The second-order valence-electron chi connectivity index (χ2n) is 3.80. The first-order chi connectivity index (χ1) is 8.03. The van der Waals surface area contributed by atoms with E-state index in [1.165, 1.54) is 6.07 Å². The maximum absolute atomic E-state index is 13.1. The van der Waals surface area contributed by atoms with Crippen LogP contribution in [0.5, 0.6) is 0 Å². The van der Waals surface area contributed by atoms with Gasteiger partial charge in [-0.05, 0) is 17.7 Å². The van der Waals surface area contributed by atoms with Gasteiger partial charge in [-0.1, -0.05) is 6.07 Å². The number of hydrogen-bond donors (Lipinski definition) is 1. The fraction of sp³-hybridized carbons (Fsp3) is 0.364. The number of ether oxygens (including phenoxy) is 2. The van der Waals surface area contributed by atoms with Gasteiger partial charge in [0.1, 0.15) is 12.2 Å². The van der Waals surface area contributed by atoms with Gasteiger partial charge in [-0.15, -0.1) is 0 Å². The minimum Gasteiger partial charge on any atom is -0.480 e. The molecule has 2 rings (SSSR count). The molecule has 1 saturated heterocycles. The van der Waals surface area contributed by atoms with Gasteiger partial charge >= 0.3 is 5.97 Å². The molecule has 92 valence electrons. The van der Waals surface area contributed by atoms with E-state index in [-0.39, 0.29) is 13.2 Å². The Labute approximate surface area is 95.8 Å². The normalized spacial score (nSPS) is 17.5. The van der Waals surface area contributed by atoms with Crippen LogP contribution in [0.25, 0.3) is 0 Å². The molecule has 1 aromatic carbocycles. The fourth-order valence-electron chi connectivity index (χ4n) is 1.60. The van der Waals surface area contributed by atoms with E-state index in [2.05, 4.69) is 0 Å². The van der Waals surface area contributed by atoms with Crippen molar-refractivity contribution in [2.75, 3.05) is 19.8 Å². The van der Waals surface area contributed by atoms with Gasteiger partial charge in [0, 0.05) is 0 Å². The lowest BCUT2D eigenvalue weighted by Gasteiger charge is -2.41. The number of halogens is 2. The first kappa shape index (κ1) is 11.9. The number of hydrogen-bond acceptors (Lipinski definition) is 3. The van der Waals surface area contributed by atoms with Gasteiger partial charge in [-0.2, -0.15) is 0 Å². The first-order valence-corrected chi connectivity index (χ1v) is 4.92. The highest BCUT2D eigenvalue weighted by molar-refractivity contribution is 5.68. The van der Waals surface area contributed by atoms with Gasteiger partial charge < -0.3 is 14.6 Å². The van der Waals surface area contributed by atoms with Crippen molar-refractivity contribution in [2.45, 2.75) is 5.60 Å². The molecule has 0 atom stereocenters. The molecular weight excluding hydrogens is 234 g/mol. The van der Waals surface area contributed by atoms with Gasteiger partial charge in [0.05, 0.1) is 13.2 Å². The Hall–Kier alpha value is -1.53. The van der Waals surface area contributed by atoms with Gasteiger partial charge in [0.25, 0.3) is 0 Å². The van der Waals surface area contributed by atoms with E-state index in [4.69, 9.17) is 14.6 Å². The van der Waals surface area contributed by atoms with E-state index in [0.717, 1.165) is 12.1 Å². The van der Waals surface area contributed by atoms with Gasteiger partial charge in [-0.3, -0.25) is 0 Å². The molecule has 0 unspecified atom stereocenters. The summed E-state index contributed by atoms with van der Waals surface area (Å²) in [5, 5.41) is 8.54. The summed E-state index contributed by atoms with van der Waals surface area (Å²) in [7, 11) is 0. The Kier molecular flexibility index (Phi) is 3.08. The lowest BCUT2D eigenvalue weighted by atomic mass is 9.91. The molecule has 0 radical (unpaired) electrons. The summed E-state index contributed by atoms with van der Waals surface area (Å²) in [6, 6.07) is 3.34. The Bertz CT molecular complexity index is 443. The van der Waals surface area contributed by atoms with E-state index in [1.54, 1.807) is 0 Å². The third kappa shape index (κ3) is 2.27. The van der Waals surface area contributed by atoms with Crippen LogP contribution < -0.4 is 0 Å². The highest BCUT2D eigenvalue weighted by Gasteiger charge is 2.42. The lowest BCUT2D eigenvalue weighted by Crippen LogP contribution is -2.49. The zero-order chi connectivity index (χ0) is 12.5. The van der Waals surface area contributed by atoms with Crippen LogP contribution in [-0.4, -0.2) is 30.9 Å². The number of rotatable bonds is 4. The number of carboxylic acid groups (broad SMARTS) is 1. The maximum Gasteiger partial charge on any atom is 0.329 e. The van der Waals surface area contributed by atoms with Gasteiger partial charge in [0.15, 0.2) is 11.6 Å². The Morgan fingerprint density at radius 3 is 2.59 bits per heavy atom. The number of carbonyl (C=O) groups is 1. The smallest absolute Gasteiger partial charge is 0.329 e. The van der Waals surface area contributed by atoms with E-state index in [9.17, 15) is 13.6 Å². The molecule has 1 N–H and O–H groups in total. The third-order valence-electron chi connectivity index (χ3n) is 2.59. The van der Waals surface area contributed by atoms with Crippen molar-refractivity contribution < 1.29 is 28.2 Å². The first-order valence-electron chi connectivity index (χ1n) is 4.92. The maximum atomic E-state index is 13.1. The average Bonchev–Trinajstić information content (AvgIpc) is 2.21. The summed E-state index contributed by atoms with van der Waals surface area (Å²) in [6.45, 7) is -0.251. The molecule has 0 spiro atoms. The molecule has 6 heteroatoms. The van der Waals surface area contributed by atoms with Crippen LogP contribution >= 0.6 is 0 Å². The second-order valence-corrected chi connectivity index (χ2v) is 3.80. The molecular formula is C11H10F2O4. The molecule has 0 aromatic heterocycles. The number of benzene rings is 1. The van der Waals surface area contributed by atoms with E-state index < -0.39 is 29.8 Å². The molecule has 1 fully saturated rings. The van der Waals surface area contributed by atoms with Crippen molar-refractivity contribution in [1.82, 2.24) is 0 Å². The van der Waals surface area contributed by atoms with Crippen molar-refractivity contribution in [1.29, 1.82) is 0 Å². The lowest BCUT2D eigenvalue weighted by molar-refractivity contribution is -0.220. The molecule has 1 heterocycles. The van der Waals surface area contributed by atoms with Crippen LogP contribution in [0, 0.1) is 11.6 Å². The highest BCUT2D eigenvalue weighted by Crippen LogP contribution is 2.34. The topological polar surface area (TPSA) is 55.8 Å². The minimum atomic E-state index is -1.13. The largest absolute Gasteiger partial charge is 0.480 e. The van der Waals surface area contributed by atoms with Crippen molar-refractivity contribution in [3.63, 3.8) is 0 Å². The molecule has 4 nitrogen and oxygen atoms in total. The van der Waals surface area contributed by atoms with Crippen LogP contribution in [0.15, 0.2) is 18.2 Å².